The van der Waals surface area contributed by atoms with E-state index in [2.05, 4.69) is 4.74 Å². The Hall–Kier alpha value is -0.570. The van der Waals surface area contributed by atoms with Crippen molar-refractivity contribution in [1.82, 2.24) is 0 Å². The summed E-state index contributed by atoms with van der Waals surface area (Å²) in [6.45, 7) is 1.73. The van der Waals surface area contributed by atoms with Crippen LogP contribution >= 0.6 is 0 Å². The van der Waals surface area contributed by atoms with Crippen molar-refractivity contribution in [1.29, 1.82) is 0 Å². The van der Waals surface area contributed by atoms with Gasteiger partial charge in [-0.1, -0.05) is 7.43 Å². The van der Waals surface area contributed by atoms with E-state index in [0.29, 0.717) is 13.1 Å². The van der Waals surface area contributed by atoms with Crippen molar-refractivity contribution >= 4 is 6.47 Å². The highest BCUT2D eigenvalue weighted by Gasteiger charge is 1.85. The summed E-state index contributed by atoms with van der Waals surface area (Å²) in [5.41, 5.74) is 5.23. The van der Waals surface area contributed by atoms with Crippen LogP contribution in [0.3, 0.4) is 0 Å². The average molecular weight is 147 g/mol. The first-order valence-corrected chi connectivity index (χ1v) is 3.17. The molecule has 0 bridgehead atoms. The molecule has 0 saturated carbocycles. The van der Waals surface area contributed by atoms with E-state index in [1.807, 2.05) is 0 Å². The molecule has 62 valence electrons. The Morgan fingerprint density at radius 2 is 2.00 bits per heavy atom. The SMILES string of the molecule is C.NCCCCCOC=O. The average Bonchev–Trinajstić information content (AvgIpc) is 1.89. The molecule has 0 fully saturated rings. The minimum Gasteiger partial charge on any atom is -0.468 e. The van der Waals surface area contributed by atoms with E-state index in [4.69, 9.17) is 5.73 Å². The second-order valence-corrected chi connectivity index (χ2v) is 1.82. The van der Waals surface area contributed by atoms with Gasteiger partial charge in [-0.05, 0) is 25.8 Å². The van der Waals surface area contributed by atoms with E-state index in [9.17, 15) is 4.79 Å². The minimum absolute atomic E-state index is 0. The summed E-state index contributed by atoms with van der Waals surface area (Å²) < 4.78 is 4.46. The van der Waals surface area contributed by atoms with E-state index >= 15 is 0 Å². The topological polar surface area (TPSA) is 52.3 Å². The zero-order valence-corrected chi connectivity index (χ0v) is 5.51. The van der Waals surface area contributed by atoms with Crippen LogP contribution in [0.5, 0.6) is 0 Å². The lowest BCUT2D eigenvalue weighted by molar-refractivity contribution is -0.128. The Morgan fingerprint density at radius 3 is 2.50 bits per heavy atom. The van der Waals surface area contributed by atoms with Gasteiger partial charge in [-0.2, -0.15) is 0 Å². The van der Waals surface area contributed by atoms with Crippen molar-refractivity contribution in [2.45, 2.75) is 26.7 Å². The van der Waals surface area contributed by atoms with E-state index < -0.39 is 0 Å². The molecule has 0 spiro atoms. The Labute approximate surface area is 62.5 Å². The zero-order valence-electron chi connectivity index (χ0n) is 5.51. The van der Waals surface area contributed by atoms with Crippen LogP contribution in [0.2, 0.25) is 0 Å². The Kier molecular flexibility index (Phi) is 13.7. The molecule has 3 heteroatoms. The first kappa shape index (κ1) is 12.1. The van der Waals surface area contributed by atoms with Crippen LogP contribution in [0, 0.1) is 0 Å². The predicted molar refractivity (Wildman–Crippen MR) is 41.7 cm³/mol. The maximum Gasteiger partial charge on any atom is 0.293 e. The Morgan fingerprint density at radius 1 is 1.30 bits per heavy atom. The summed E-state index contributed by atoms with van der Waals surface area (Å²) >= 11 is 0. The predicted octanol–water partition coefficient (Wildman–Crippen LogP) is 0.924. The fourth-order valence-electron chi connectivity index (χ4n) is 0.555. The van der Waals surface area contributed by atoms with Crippen molar-refractivity contribution in [2.24, 2.45) is 5.73 Å². The number of unbranched alkanes of at least 4 members (excludes halogenated alkanes) is 2. The van der Waals surface area contributed by atoms with Crippen LogP contribution in [0.1, 0.15) is 26.7 Å². The summed E-state index contributed by atoms with van der Waals surface area (Å²) in [6.07, 6.45) is 2.99. The van der Waals surface area contributed by atoms with Gasteiger partial charge in [0.05, 0.1) is 6.61 Å². The highest BCUT2D eigenvalue weighted by molar-refractivity contribution is 5.36. The van der Waals surface area contributed by atoms with E-state index in [1.165, 1.54) is 0 Å². The fraction of sp³-hybridized carbons (Fsp3) is 0.857. The molecule has 0 rings (SSSR count). The molecule has 3 nitrogen and oxygen atoms in total. The zero-order chi connectivity index (χ0) is 6.95. The molecular weight excluding hydrogens is 130 g/mol. The van der Waals surface area contributed by atoms with Gasteiger partial charge in [0.25, 0.3) is 6.47 Å². The molecule has 0 aromatic heterocycles. The maximum absolute atomic E-state index is 9.59. The van der Waals surface area contributed by atoms with E-state index in [1.54, 1.807) is 0 Å². The van der Waals surface area contributed by atoms with Crippen LogP contribution in [0.4, 0.5) is 0 Å². The molecule has 10 heavy (non-hydrogen) atoms. The van der Waals surface area contributed by atoms with Crippen molar-refractivity contribution < 1.29 is 9.53 Å². The maximum atomic E-state index is 9.59. The molecule has 0 aromatic rings. The summed E-state index contributed by atoms with van der Waals surface area (Å²) in [7, 11) is 0. The molecule has 0 unspecified atom stereocenters. The lowest BCUT2D eigenvalue weighted by Crippen LogP contribution is -1.99. The van der Waals surface area contributed by atoms with Crippen LogP contribution in [-0.2, 0) is 9.53 Å². The van der Waals surface area contributed by atoms with Gasteiger partial charge in [-0.15, -0.1) is 0 Å². The van der Waals surface area contributed by atoms with Crippen LogP contribution < -0.4 is 5.73 Å². The van der Waals surface area contributed by atoms with Crippen LogP contribution in [0.15, 0.2) is 0 Å². The first-order valence-electron chi connectivity index (χ1n) is 3.17. The van der Waals surface area contributed by atoms with E-state index in [0.717, 1.165) is 25.8 Å². The molecule has 0 aliphatic heterocycles. The molecule has 0 radical (unpaired) electrons. The summed E-state index contributed by atoms with van der Waals surface area (Å²) in [5, 5.41) is 0. The normalized spacial score (nSPS) is 8.10. The summed E-state index contributed by atoms with van der Waals surface area (Å²) in [4.78, 5) is 9.59. The van der Waals surface area contributed by atoms with Crippen molar-refractivity contribution in [3.63, 3.8) is 0 Å². The molecule has 0 aliphatic rings. The second kappa shape index (κ2) is 11.3. The standard InChI is InChI=1S/C6H13NO2.CH4/c7-4-2-1-3-5-9-6-8;/h6H,1-5,7H2;1H4. The van der Waals surface area contributed by atoms with Gasteiger partial charge in [0, 0.05) is 0 Å². The second-order valence-electron chi connectivity index (χ2n) is 1.82. The Balaban J connectivity index is 0. The summed E-state index contributed by atoms with van der Waals surface area (Å²) in [6, 6.07) is 0. The third-order valence-electron chi connectivity index (χ3n) is 1.03. The lowest BCUT2D eigenvalue weighted by Gasteiger charge is -1.95. The molecule has 2 N–H and O–H groups in total. The van der Waals surface area contributed by atoms with Gasteiger partial charge >= 0.3 is 0 Å². The van der Waals surface area contributed by atoms with E-state index in [-0.39, 0.29) is 7.43 Å². The third-order valence-corrected chi connectivity index (χ3v) is 1.03. The van der Waals surface area contributed by atoms with Crippen molar-refractivity contribution in [2.75, 3.05) is 13.2 Å². The lowest BCUT2D eigenvalue weighted by atomic mass is 10.2. The van der Waals surface area contributed by atoms with Crippen molar-refractivity contribution in [3.8, 4) is 0 Å². The minimum atomic E-state index is 0. The number of carbonyl (C=O) groups is 1. The molecular formula is C7H17NO2. The number of hydrogen-bond donors (Lipinski definition) is 1. The van der Waals surface area contributed by atoms with Crippen LogP contribution in [0.25, 0.3) is 0 Å². The molecule has 0 aliphatic carbocycles. The molecule has 0 saturated heterocycles. The summed E-state index contributed by atoms with van der Waals surface area (Å²) in [5.74, 6) is 0. The van der Waals surface area contributed by atoms with Crippen LogP contribution in [-0.4, -0.2) is 19.6 Å². The molecule has 0 amide bonds. The molecule has 0 aromatic carbocycles. The highest BCUT2D eigenvalue weighted by atomic mass is 16.5. The van der Waals surface area contributed by atoms with Gasteiger partial charge in [-0.3, -0.25) is 4.79 Å². The third kappa shape index (κ3) is 10.4. The van der Waals surface area contributed by atoms with Gasteiger partial charge in [0.2, 0.25) is 0 Å². The van der Waals surface area contributed by atoms with Gasteiger partial charge in [0.1, 0.15) is 0 Å². The molecule has 0 atom stereocenters. The van der Waals surface area contributed by atoms with Crippen molar-refractivity contribution in [3.05, 3.63) is 0 Å². The quantitative estimate of drug-likeness (QED) is 0.449. The Bertz CT molecular complexity index is 66.6. The van der Waals surface area contributed by atoms with Gasteiger partial charge in [-0.25, -0.2) is 0 Å². The number of nitrogens with two attached hydrogens (primary N) is 1. The van der Waals surface area contributed by atoms with Gasteiger partial charge < -0.3 is 10.5 Å². The molecule has 0 heterocycles. The number of rotatable bonds is 6. The van der Waals surface area contributed by atoms with Gasteiger partial charge in [0.15, 0.2) is 0 Å². The smallest absolute Gasteiger partial charge is 0.293 e. The number of hydrogen-bond acceptors (Lipinski definition) is 3. The first-order chi connectivity index (χ1) is 4.41. The monoisotopic (exact) mass is 147 g/mol. The fourth-order valence-corrected chi connectivity index (χ4v) is 0.555. The highest BCUT2D eigenvalue weighted by Crippen LogP contribution is 1.91. The number of ether oxygens (including phenoxy) is 1. The number of carbonyl (C=O) groups excluding carboxylic acids is 1. The largest absolute Gasteiger partial charge is 0.468 e.